The lowest BCUT2D eigenvalue weighted by Crippen LogP contribution is -2.18. The van der Waals surface area contributed by atoms with E-state index in [0.717, 1.165) is 30.0 Å². The summed E-state index contributed by atoms with van der Waals surface area (Å²) in [5, 5.41) is 11.6. The van der Waals surface area contributed by atoms with Gasteiger partial charge >= 0.3 is 0 Å². The van der Waals surface area contributed by atoms with Gasteiger partial charge in [0.1, 0.15) is 17.8 Å². The maximum atomic E-state index is 12.5. The van der Waals surface area contributed by atoms with Crippen LogP contribution in [0.15, 0.2) is 42.7 Å². The molecule has 0 spiro atoms. The molecule has 2 aliphatic heterocycles. The first kappa shape index (κ1) is 16.9. The second-order valence-corrected chi connectivity index (χ2v) is 7.11. The fourth-order valence-electron chi connectivity index (χ4n) is 3.81. The number of nitrogens with zero attached hydrogens (tertiary/aromatic N) is 5. The number of carbonyl (C=O) groups excluding carboxylic acids is 1. The summed E-state index contributed by atoms with van der Waals surface area (Å²) in [5.74, 6) is 1.40. The fraction of sp³-hybridized carbons (Fsp3) is 0.300. The Hall–Kier alpha value is -3.26. The van der Waals surface area contributed by atoms with Crippen LogP contribution >= 0.6 is 0 Å². The van der Waals surface area contributed by atoms with Crippen molar-refractivity contribution in [2.75, 3.05) is 25.6 Å². The van der Waals surface area contributed by atoms with Crippen LogP contribution in [0.1, 0.15) is 28.4 Å². The number of nitrogens with one attached hydrogen (secondary N) is 1. The zero-order chi connectivity index (χ0) is 19.1. The van der Waals surface area contributed by atoms with Crippen LogP contribution < -0.4 is 5.32 Å². The van der Waals surface area contributed by atoms with Gasteiger partial charge in [0.2, 0.25) is 0 Å². The van der Waals surface area contributed by atoms with Crippen LogP contribution in [0.5, 0.6) is 0 Å². The standard InChI is InChI=1S/C20H20N6O2/c1-25-10-13-4-2-5-15(18(13)20(25)27)22-17-7-3-6-16(23-17)19-24-21-12-26(19)14-8-9-28-11-14/h2-7,12,14H,8-11H2,1H3,(H,22,23)/t14-/m1/s1. The number of hydrogen-bond donors (Lipinski definition) is 1. The van der Waals surface area contributed by atoms with E-state index in [1.54, 1.807) is 11.2 Å². The van der Waals surface area contributed by atoms with E-state index >= 15 is 0 Å². The molecule has 142 valence electrons. The topological polar surface area (TPSA) is 85.2 Å². The second kappa shape index (κ2) is 6.72. The number of fused-ring (bicyclic) bond motifs is 1. The minimum atomic E-state index is 0.0234. The lowest BCUT2D eigenvalue weighted by Gasteiger charge is -2.13. The third kappa shape index (κ3) is 2.82. The van der Waals surface area contributed by atoms with Crippen LogP contribution in [-0.2, 0) is 11.3 Å². The van der Waals surface area contributed by atoms with Gasteiger partial charge in [0.25, 0.3) is 5.91 Å². The molecule has 0 saturated carbocycles. The van der Waals surface area contributed by atoms with Gasteiger partial charge in [-0.25, -0.2) is 4.98 Å². The van der Waals surface area contributed by atoms with Crippen molar-refractivity contribution in [1.29, 1.82) is 0 Å². The Kier molecular flexibility index (Phi) is 4.05. The Bertz CT molecular complexity index is 1040. The fourth-order valence-corrected chi connectivity index (χ4v) is 3.81. The van der Waals surface area contributed by atoms with Crippen molar-refractivity contribution < 1.29 is 9.53 Å². The quantitative estimate of drug-likeness (QED) is 0.753. The van der Waals surface area contributed by atoms with Gasteiger partial charge in [-0.05, 0) is 30.2 Å². The molecule has 0 unspecified atom stereocenters. The predicted octanol–water partition coefficient (Wildman–Crippen LogP) is 2.63. The van der Waals surface area contributed by atoms with Crippen LogP contribution in [0.3, 0.4) is 0 Å². The SMILES string of the molecule is CN1Cc2cccc(Nc3cccc(-c4nncn4[C@@H]4CCOC4)n3)c2C1=O. The molecule has 28 heavy (non-hydrogen) atoms. The van der Waals surface area contributed by atoms with Gasteiger partial charge in [0.05, 0.1) is 23.9 Å². The highest BCUT2D eigenvalue weighted by atomic mass is 16.5. The molecule has 1 fully saturated rings. The van der Waals surface area contributed by atoms with Crippen molar-refractivity contribution in [2.24, 2.45) is 0 Å². The smallest absolute Gasteiger partial charge is 0.256 e. The molecular weight excluding hydrogens is 356 g/mol. The van der Waals surface area contributed by atoms with Crippen molar-refractivity contribution in [2.45, 2.75) is 19.0 Å². The van der Waals surface area contributed by atoms with Gasteiger partial charge in [-0.1, -0.05) is 18.2 Å². The van der Waals surface area contributed by atoms with Crippen LogP contribution in [0.2, 0.25) is 0 Å². The van der Waals surface area contributed by atoms with E-state index in [4.69, 9.17) is 9.72 Å². The first-order chi connectivity index (χ1) is 13.7. The minimum Gasteiger partial charge on any atom is -0.379 e. The summed E-state index contributed by atoms with van der Waals surface area (Å²) in [7, 11) is 1.81. The van der Waals surface area contributed by atoms with E-state index in [0.29, 0.717) is 30.4 Å². The van der Waals surface area contributed by atoms with Gasteiger partial charge in [-0.3, -0.25) is 4.79 Å². The maximum Gasteiger partial charge on any atom is 0.256 e. The van der Waals surface area contributed by atoms with Crippen molar-refractivity contribution in [3.05, 3.63) is 53.9 Å². The largest absolute Gasteiger partial charge is 0.379 e. The molecule has 8 heteroatoms. The molecule has 1 aromatic carbocycles. The van der Waals surface area contributed by atoms with Crippen molar-refractivity contribution in [1.82, 2.24) is 24.6 Å². The summed E-state index contributed by atoms with van der Waals surface area (Å²) in [5.41, 5.74) is 3.23. The van der Waals surface area contributed by atoms with Crippen LogP contribution in [0.25, 0.3) is 11.5 Å². The number of aromatic nitrogens is 4. The summed E-state index contributed by atoms with van der Waals surface area (Å²) >= 11 is 0. The number of carbonyl (C=O) groups is 1. The van der Waals surface area contributed by atoms with Gasteiger partial charge in [-0.2, -0.15) is 0 Å². The third-order valence-corrected chi connectivity index (χ3v) is 5.23. The lowest BCUT2D eigenvalue weighted by molar-refractivity contribution is 0.0817. The van der Waals surface area contributed by atoms with Gasteiger partial charge in [0.15, 0.2) is 5.82 Å². The average molecular weight is 376 g/mol. The first-order valence-corrected chi connectivity index (χ1v) is 9.30. The van der Waals surface area contributed by atoms with E-state index in [2.05, 4.69) is 15.5 Å². The molecule has 0 radical (unpaired) electrons. The second-order valence-electron chi connectivity index (χ2n) is 7.11. The van der Waals surface area contributed by atoms with Crippen molar-refractivity contribution in [3.63, 3.8) is 0 Å². The molecule has 2 aromatic heterocycles. The number of pyridine rings is 1. The molecular formula is C20H20N6O2. The average Bonchev–Trinajstić information content (AvgIpc) is 3.43. The minimum absolute atomic E-state index is 0.0234. The molecule has 0 aliphatic carbocycles. The van der Waals surface area contributed by atoms with E-state index < -0.39 is 0 Å². The van der Waals surface area contributed by atoms with Crippen molar-refractivity contribution in [3.8, 4) is 11.5 Å². The summed E-state index contributed by atoms with van der Waals surface area (Å²) < 4.78 is 7.52. The van der Waals surface area contributed by atoms with Gasteiger partial charge in [0, 0.05) is 20.2 Å². The Balaban J connectivity index is 1.47. The number of amides is 1. The zero-order valence-electron chi connectivity index (χ0n) is 15.5. The van der Waals surface area contributed by atoms with Crippen molar-refractivity contribution >= 4 is 17.4 Å². The number of ether oxygens (including phenoxy) is 1. The molecule has 1 atom stereocenters. The highest BCUT2D eigenvalue weighted by molar-refractivity contribution is 6.03. The van der Waals surface area contributed by atoms with E-state index in [1.807, 2.05) is 48.0 Å². The molecule has 4 heterocycles. The molecule has 2 aliphatic rings. The van der Waals surface area contributed by atoms with Crippen LogP contribution in [0.4, 0.5) is 11.5 Å². The van der Waals surface area contributed by atoms with Crippen LogP contribution in [0, 0.1) is 0 Å². The molecule has 5 rings (SSSR count). The molecule has 1 saturated heterocycles. The van der Waals surface area contributed by atoms with Crippen LogP contribution in [-0.4, -0.2) is 50.8 Å². The van der Waals surface area contributed by atoms with E-state index in [1.165, 1.54) is 0 Å². The highest BCUT2D eigenvalue weighted by Crippen LogP contribution is 2.31. The summed E-state index contributed by atoms with van der Waals surface area (Å²) in [6.07, 6.45) is 2.67. The van der Waals surface area contributed by atoms with Gasteiger partial charge < -0.3 is 19.5 Å². The number of hydrogen-bond acceptors (Lipinski definition) is 6. The maximum absolute atomic E-state index is 12.5. The summed E-state index contributed by atoms with van der Waals surface area (Å²) in [6, 6.07) is 11.8. The predicted molar refractivity (Wildman–Crippen MR) is 103 cm³/mol. The normalized spacial score (nSPS) is 18.5. The number of benzene rings is 1. The van der Waals surface area contributed by atoms with Gasteiger partial charge in [-0.15, -0.1) is 10.2 Å². The Labute approximate surface area is 162 Å². The Morgan fingerprint density at radius 1 is 1.21 bits per heavy atom. The summed E-state index contributed by atoms with van der Waals surface area (Å²) in [4.78, 5) is 18.9. The first-order valence-electron chi connectivity index (χ1n) is 9.30. The van der Waals surface area contributed by atoms with E-state index in [9.17, 15) is 4.79 Å². The Morgan fingerprint density at radius 3 is 2.96 bits per heavy atom. The number of rotatable bonds is 4. The highest BCUT2D eigenvalue weighted by Gasteiger charge is 2.27. The Morgan fingerprint density at radius 2 is 2.11 bits per heavy atom. The molecule has 0 bridgehead atoms. The lowest BCUT2D eigenvalue weighted by atomic mass is 10.1. The summed E-state index contributed by atoms with van der Waals surface area (Å²) in [6.45, 7) is 2.04. The zero-order valence-corrected chi connectivity index (χ0v) is 15.5. The molecule has 1 amide bonds. The third-order valence-electron chi connectivity index (χ3n) is 5.23. The molecule has 8 nitrogen and oxygen atoms in total. The monoisotopic (exact) mass is 376 g/mol. The van der Waals surface area contributed by atoms with E-state index in [-0.39, 0.29) is 11.9 Å². The molecule has 3 aromatic rings. The molecule has 1 N–H and O–H groups in total. The number of anilines is 2.